The molecule has 27 heavy (non-hydrogen) atoms. The Morgan fingerprint density at radius 3 is 2.37 bits per heavy atom. The van der Waals surface area contributed by atoms with Gasteiger partial charge in [0, 0.05) is 36.2 Å². The van der Waals surface area contributed by atoms with E-state index in [0.29, 0.717) is 16.2 Å². The first-order chi connectivity index (χ1) is 12.8. The summed E-state index contributed by atoms with van der Waals surface area (Å²) in [7, 11) is -0.558. The molecule has 0 heterocycles. The van der Waals surface area contributed by atoms with Crippen molar-refractivity contribution in [1.82, 2.24) is 4.31 Å². The Balaban J connectivity index is 1.83. The van der Waals surface area contributed by atoms with Crippen LogP contribution in [0.1, 0.15) is 0 Å². The predicted octanol–water partition coefficient (Wildman–Crippen LogP) is 3.60. The van der Waals surface area contributed by atoms with Crippen molar-refractivity contribution in [2.75, 3.05) is 24.7 Å². The number of anilines is 2. The topological polar surface area (TPSA) is 81.7 Å². The van der Waals surface area contributed by atoms with E-state index < -0.39 is 10.0 Å². The molecule has 3 N–H and O–H groups in total. The number of benzene rings is 3. The van der Waals surface area contributed by atoms with Gasteiger partial charge in [0.05, 0.1) is 4.90 Å². The second kappa shape index (κ2) is 7.51. The highest BCUT2D eigenvalue weighted by Gasteiger charge is 2.17. The van der Waals surface area contributed by atoms with E-state index in [-0.39, 0.29) is 10.6 Å². The zero-order valence-corrected chi connectivity index (χ0v) is 16.4. The molecule has 0 aliphatic rings. The fourth-order valence-electron chi connectivity index (χ4n) is 2.63. The first-order valence-electron chi connectivity index (χ1n) is 8.10. The number of phenolic OH excluding ortho intramolecular Hbond substituents is 1. The number of sulfonamides is 1. The van der Waals surface area contributed by atoms with Crippen molar-refractivity contribution in [3.63, 3.8) is 0 Å². The Morgan fingerprint density at radius 1 is 0.963 bits per heavy atom. The third-order valence-corrected chi connectivity index (χ3v) is 6.03. The SMILES string of the molecule is CN(C)S(=O)(=O)c1cccc(NC(=S)Nc2cccc3c(O)cccc23)c1. The fourth-order valence-corrected chi connectivity index (χ4v) is 3.81. The number of hydrogen-bond donors (Lipinski definition) is 3. The smallest absolute Gasteiger partial charge is 0.242 e. The summed E-state index contributed by atoms with van der Waals surface area (Å²) >= 11 is 5.36. The standard InChI is InChI=1S/C19H19N3O3S2/c1-22(2)27(24,25)14-7-3-6-13(12-14)20-19(26)21-17-10-4-9-16-15(17)8-5-11-18(16)23/h3-12,23H,1-2H3,(H2,20,21,26). The van der Waals surface area contributed by atoms with Crippen molar-refractivity contribution in [2.45, 2.75) is 4.90 Å². The van der Waals surface area contributed by atoms with Crippen LogP contribution in [-0.2, 0) is 10.0 Å². The van der Waals surface area contributed by atoms with E-state index in [1.54, 1.807) is 24.3 Å². The number of fused-ring (bicyclic) bond motifs is 1. The van der Waals surface area contributed by atoms with E-state index in [1.165, 1.54) is 26.2 Å². The van der Waals surface area contributed by atoms with Gasteiger partial charge in [-0.05, 0) is 42.5 Å². The molecule has 3 rings (SSSR count). The van der Waals surface area contributed by atoms with E-state index >= 15 is 0 Å². The van der Waals surface area contributed by atoms with Gasteiger partial charge < -0.3 is 15.7 Å². The summed E-state index contributed by atoms with van der Waals surface area (Å²) in [6.07, 6.45) is 0. The molecule has 0 spiro atoms. The number of hydrogen-bond acceptors (Lipinski definition) is 4. The summed E-state index contributed by atoms with van der Waals surface area (Å²) < 4.78 is 25.7. The van der Waals surface area contributed by atoms with E-state index in [2.05, 4.69) is 10.6 Å². The minimum Gasteiger partial charge on any atom is -0.507 e. The molecular formula is C19H19N3O3S2. The summed E-state index contributed by atoms with van der Waals surface area (Å²) in [4.78, 5) is 0.176. The summed E-state index contributed by atoms with van der Waals surface area (Å²) in [5.74, 6) is 0.191. The summed E-state index contributed by atoms with van der Waals surface area (Å²) in [6.45, 7) is 0. The Kier molecular flexibility index (Phi) is 5.31. The number of rotatable bonds is 4. The number of aromatic hydroxyl groups is 1. The maximum absolute atomic E-state index is 12.3. The van der Waals surface area contributed by atoms with Crippen molar-refractivity contribution < 1.29 is 13.5 Å². The average molecular weight is 402 g/mol. The molecule has 0 bridgehead atoms. The molecular weight excluding hydrogens is 382 g/mol. The van der Waals surface area contributed by atoms with Crippen molar-refractivity contribution in [3.8, 4) is 5.75 Å². The van der Waals surface area contributed by atoms with Crippen LogP contribution in [-0.4, -0.2) is 37.0 Å². The highest BCUT2D eigenvalue weighted by Crippen LogP contribution is 2.30. The maximum Gasteiger partial charge on any atom is 0.242 e. The normalized spacial score (nSPS) is 11.5. The van der Waals surface area contributed by atoms with Crippen LogP contribution >= 0.6 is 12.2 Å². The number of nitrogens with zero attached hydrogens (tertiary/aromatic N) is 1. The van der Waals surface area contributed by atoms with E-state index in [4.69, 9.17) is 12.2 Å². The van der Waals surface area contributed by atoms with E-state index in [1.807, 2.05) is 24.3 Å². The second-order valence-electron chi connectivity index (χ2n) is 6.07. The Labute approximate surface area is 163 Å². The molecule has 8 heteroatoms. The third-order valence-electron chi connectivity index (χ3n) is 4.02. The predicted molar refractivity (Wildman–Crippen MR) is 113 cm³/mol. The quantitative estimate of drug-likeness (QED) is 0.580. The molecule has 0 radical (unpaired) electrons. The van der Waals surface area contributed by atoms with Gasteiger partial charge in [-0.15, -0.1) is 0 Å². The first kappa shape index (κ1) is 19.1. The number of thiocarbonyl (C=S) groups is 1. The molecule has 0 aromatic heterocycles. The van der Waals surface area contributed by atoms with Crippen LogP contribution in [0, 0.1) is 0 Å². The van der Waals surface area contributed by atoms with Crippen molar-refractivity contribution in [3.05, 3.63) is 60.7 Å². The van der Waals surface area contributed by atoms with Crippen molar-refractivity contribution in [1.29, 1.82) is 0 Å². The highest BCUT2D eigenvalue weighted by molar-refractivity contribution is 7.89. The molecule has 0 unspecified atom stereocenters. The molecule has 0 atom stereocenters. The van der Waals surface area contributed by atoms with Gasteiger partial charge in [-0.2, -0.15) is 0 Å². The number of phenols is 1. The Morgan fingerprint density at radius 2 is 1.63 bits per heavy atom. The monoisotopic (exact) mass is 401 g/mol. The lowest BCUT2D eigenvalue weighted by atomic mass is 10.1. The van der Waals surface area contributed by atoms with Gasteiger partial charge in [-0.1, -0.05) is 30.3 Å². The Bertz CT molecular complexity index is 1110. The number of nitrogens with one attached hydrogen (secondary N) is 2. The largest absolute Gasteiger partial charge is 0.507 e. The molecule has 3 aromatic rings. The summed E-state index contributed by atoms with van der Waals surface area (Å²) in [5.41, 5.74) is 1.29. The molecule has 3 aromatic carbocycles. The van der Waals surface area contributed by atoms with Crippen LogP contribution in [0.25, 0.3) is 10.8 Å². The molecule has 0 saturated carbocycles. The Hall–Kier alpha value is -2.68. The van der Waals surface area contributed by atoms with Crippen molar-refractivity contribution in [2.24, 2.45) is 0 Å². The van der Waals surface area contributed by atoms with Gasteiger partial charge in [0.15, 0.2) is 5.11 Å². The first-order valence-corrected chi connectivity index (χ1v) is 9.95. The molecule has 0 amide bonds. The van der Waals surface area contributed by atoms with Crippen molar-refractivity contribution >= 4 is 49.5 Å². The van der Waals surface area contributed by atoms with Crippen LogP contribution in [0.15, 0.2) is 65.6 Å². The second-order valence-corrected chi connectivity index (χ2v) is 8.63. The average Bonchev–Trinajstić information content (AvgIpc) is 2.62. The van der Waals surface area contributed by atoms with E-state index in [9.17, 15) is 13.5 Å². The minimum absolute atomic E-state index is 0.176. The summed E-state index contributed by atoms with van der Waals surface area (Å²) in [6, 6.07) is 17.2. The van der Waals surface area contributed by atoms with Gasteiger partial charge in [0.1, 0.15) is 5.75 Å². The van der Waals surface area contributed by atoms with Crippen LogP contribution in [0.5, 0.6) is 5.75 Å². The molecule has 0 fully saturated rings. The van der Waals surface area contributed by atoms with Gasteiger partial charge >= 0.3 is 0 Å². The van der Waals surface area contributed by atoms with E-state index in [0.717, 1.165) is 15.4 Å². The molecule has 6 nitrogen and oxygen atoms in total. The molecule has 0 aliphatic carbocycles. The highest BCUT2D eigenvalue weighted by atomic mass is 32.2. The zero-order chi connectivity index (χ0) is 19.6. The van der Waals surface area contributed by atoms with Crippen LogP contribution in [0.2, 0.25) is 0 Å². The van der Waals surface area contributed by atoms with Crippen LogP contribution in [0.3, 0.4) is 0 Å². The van der Waals surface area contributed by atoms with Gasteiger partial charge in [-0.3, -0.25) is 0 Å². The lowest BCUT2D eigenvalue weighted by Crippen LogP contribution is -2.23. The fraction of sp³-hybridized carbons (Fsp3) is 0.105. The zero-order valence-electron chi connectivity index (χ0n) is 14.8. The molecule has 0 aliphatic heterocycles. The van der Waals surface area contributed by atoms with Crippen LogP contribution < -0.4 is 10.6 Å². The lowest BCUT2D eigenvalue weighted by molar-refractivity contribution is 0.481. The molecule has 0 saturated heterocycles. The third kappa shape index (κ3) is 4.02. The van der Waals surface area contributed by atoms with Gasteiger partial charge in [-0.25, -0.2) is 12.7 Å². The van der Waals surface area contributed by atoms with Crippen LogP contribution in [0.4, 0.5) is 11.4 Å². The lowest BCUT2D eigenvalue weighted by Gasteiger charge is -2.15. The maximum atomic E-state index is 12.3. The van der Waals surface area contributed by atoms with Gasteiger partial charge in [0.2, 0.25) is 10.0 Å². The minimum atomic E-state index is -3.53. The van der Waals surface area contributed by atoms with Gasteiger partial charge in [0.25, 0.3) is 0 Å². The molecule has 140 valence electrons. The summed E-state index contributed by atoms with van der Waals surface area (Å²) in [5, 5.41) is 17.9.